The molecule has 0 bridgehead atoms. The van der Waals surface area contributed by atoms with Crippen molar-refractivity contribution in [3.63, 3.8) is 0 Å². The molecule has 3 atom stereocenters. The Hall–Kier alpha value is -3.10. The summed E-state index contributed by atoms with van der Waals surface area (Å²) in [5, 5.41) is 59.0. The zero-order valence-electron chi connectivity index (χ0n) is 22.6. The molecule has 13 nitrogen and oxygen atoms in total. The molecule has 1 aliphatic rings. The van der Waals surface area contributed by atoms with Crippen molar-refractivity contribution in [3.05, 3.63) is 22.8 Å². The predicted octanol–water partition coefficient (Wildman–Crippen LogP) is -1.90. The normalized spacial score (nSPS) is 19.1. The van der Waals surface area contributed by atoms with Gasteiger partial charge >= 0.3 is 0 Å². The van der Waals surface area contributed by atoms with Gasteiger partial charge in [0.15, 0.2) is 5.78 Å². The van der Waals surface area contributed by atoms with Crippen LogP contribution in [-0.2, 0) is 27.3 Å². The Labute approximate surface area is 227 Å². The number of fused-ring (bicyclic) bond motifs is 1. The van der Waals surface area contributed by atoms with E-state index in [1.807, 2.05) is 6.92 Å². The van der Waals surface area contributed by atoms with Crippen LogP contribution in [0.5, 0.6) is 5.75 Å². The lowest BCUT2D eigenvalue weighted by Gasteiger charge is -2.43. The van der Waals surface area contributed by atoms with Crippen LogP contribution >= 0.6 is 0 Å². The number of nitrogens with zero attached hydrogens (tertiary/aromatic N) is 1. The van der Waals surface area contributed by atoms with Gasteiger partial charge in [0.1, 0.15) is 11.5 Å². The van der Waals surface area contributed by atoms with Crippen molar-refractivity contribution >= 4 is 29.1 Å². The van der Waals surface area contributed by atoms with E-state index in [0.717, 1.165) is 0 Å². The van der Waals surface area contributed by atoms with E-state index in [1.54, 1.807) is 25.1 Å². The maximum atomic E-state index is 13.3. The second-order valence-corrected chi connectivity index (χ2v) is 10.3. The topological polar surface area (TPSA) is 223 Å². The van der Waals surface area contributed by atoms with E-state index in [9.17, 15) is 44.7 Å². The van der Waals surface area contributed by atoms with Gasteiger partial charge in [-0.2, -0.15) is 0 Å². The Morgan fingerprint density at radius 1 is 1.23 bits per heavy atom. The average Bonchev–Trinajstić information content (AvgIpc) is 2.81. The summed E-state index contributed by atoms with van der Waals surface area (Å²) in [4.78, 5) is 50.9. The van der Waals surface area contributed by atoms with Crippen molar-refractivity contribution in [2.24, 2.45) is 11.7 Å². The number of phenols is 1. The van der Waals surface area contributed by atoms with Gasteiger partial charge in [0, 0.05) is 64.2 Å². The number of aliphatic hydroxyl groups is 4. The molecule has 0 spiro atoms. The van der Waals surface area contributed by atoms with Crippen LogP contribution in [0.25, 0.3) is 0 Å². The molecule has 0 saturated carbocycles. The minimum Gasteiger partial charge on any atom is -0.507 e. The van der Waals surface area contributed by atoms with Crippen molar-refractivity contribution in [1.82, 2.24) is 10.6 Å². The summed E-state index contributed by atoms with van der Waals surface area (Å²) >= 11 is 0. The summed E-state index contributed by atoms with van der Waals surface area (Å²) in [6.07, 6.45) is -2.52. The number of amides is 2. The third kappa shape index (κ3) is 7.73. The van der Waals surface area contributed by atoms with Gasteiger partial charge in [0.05, 0.1) is 42.3 Å². The summed E-state index contributed by atoms with van der Waals surface area (Å²) in [5.74, 6) is -4.64. The van der Waals surface area contributed by atoms with Crippen molar-refractivity contribution < 1.29 is 44.7 Å². The number of primary amides is 1. The number of Topliss-reactive ketones (excluding diaryl/α,β-unsaturated/α-hetero) is 2. The van der Waals surface area contributed by atoms with E-state index in [2.05, 4.69) is 10.6 Å². The fourth-order valence-electron chi connectivity index (χ4n) is 5.18. The summed E-state index contributed by atoms with van der Waals surface area (Å²) in [6.45, 7) is 1.01. The average molecular weight is 553 g/mol. The van der Waals surface area contributed by atoms with E-state index in [0.29, 0.717) is 23.4 Å². The lowest BCUT2D eigenvalue weighted by molar-refractivity contribution is -0.148. The number of benzene rings is 1. The molecule has 0 aromatic heterocycles. The molecule has 1 aromatic carbocycles. The Bertz CT molecular complexity index is 1090. The largest absolute Gasteiger partial charge is 0.507 e. The number of aliphatic hydroxyl groups excluding tert-OH is 2. The van der Waals surface area contributed by atoms with Crippen molar-refractivity contribution in [3.8, 4) is 5.75 Å². The van der Waals surface area contributed by atoms with Gasteiger partial charge in [-0.15, -0.1) is 0 Å². The molecule has 39 heavy (non-hydrogen) atoms. The molecule has 3 unspecified atom stereocenters. The van der Waals surface area contributed by atoms with Crippen molar-refractivity contribution in [1.29, 1.82) is 0 Å². The number of aromatic hydroxyl groups is 1. The van der Waals surface area contributed by atoms with E-state index >= 15 is 0 Å². The molecule has 1 aliphatic carbocycles. The third-order valence-corrected chi connectivity index (χ3v) is 6.98. The number of likely N-dealkylation sites (N-methyl/N-ethyl adjacent to an activating group) is 1. The lowest BCUT2D eigenvalue weighted by Crippen LogP contribution is -2.53. The lowest BCUT2D eigenvalue weighted by atomic mass is 9.68. The highest BCUT2D eigenvalue weighted by Gasteiger charge is 2.50. The first-order valence-electron chi connectivity index (χ1n) is 12.7. The van der Waals surface area contributed by atoms with Crippen LogP contribution in [0.4, 0.5) is 5.69 Å². The Kier molecular flexibility index (Phi) is 11.0. The molecular weight excluding hydrogens is 512 g/mol. The Morgan fingerprint density at radius 2 is 1.90 bits per heavy atom. The van der Waals surface area contributed by atoms with Crippen LogP contribution in [0.2, 0.25) is 0 Å². The summed E-state index contributed by atoms with van der Waals surface area (Å²) in [7, 11) is 3.40. The van der Waals surface area contributed by atoms with Gasteiger partial charge in [-0.1, -0.05) is 6.92 Å². The summed E-state index contributed by atoms with van der Waals surface area (Å²) in [5.41, 5.74) is 2.07. The maximum Gasteiger partial charge on any atom is 0.234 e. The smallest absolute Gasteiger partial charge is 0.234 e. The number of anilines is 1. The van der Waals surface area contributed by atoms with Crippen molar-refractivity contribution in [2.75, 3.05) is 45.3 Å². The first-order chi connectivity index (χ1) is 18.2. The fourth-order valence-corrected chi connectivity index (χ4v) is 5.18. The third-order valence-electron chi connectivity index (χ3n) is 6.98. The summed E-state index contributed by atoms with van der Waals surface area (Å²) < 4.78 is 0. The molecule has 1 aromatic rings. The molecule has 13 heteroatoms. The van der Waals surface area contributed by atoms with E-state index < -0.39 is 73.5 Å². The molecule has 0 radical (unpaired) electrons. The SMILES string of the molecule is CCNCC(=O)NCc1cc(N(C)C)c2c(c1O)C(=O)CC(O)(CC(O)(CCO)C(CO)C(=O)CC(N)=O)C2. The molecular formula is C26H40N4O9. The van der Waals surface area contributed by atoms with Crippen molar-refractivity contribution in [2.45, 2.75) is 56.8 Å². The van der Waals surface area contributed by atoms with Gasteiger partial charge < -0.3 is 46.8 Å². The van der Waals surface area contributed by atoms with Gasteiger partial charge in [0.25, 0.3) is 0 Å². The van der Waals surface area contributed by atoms with Crippen LogP contribution in [-0.4, -0.2) is 101 Å². The number of carbonyl (C=O) groups excluding carboxylic acids is 4. The minimum atomic E-state index is -2.17. The first-order valence-corrected chi connectivity index (χ1v) is 12.7. The number of hydrogen-bond donors (Lipinski definition) is 8. The van der Waals surface area contributed by atoms with Crippen LogP contribution in [0.1, 0.15) is 54.1 Å². The molecule has 0 fully saturated rings. The van der Waals surface area contributed by atoms with Crippen LogP contribution in [0.15, 0.2) is 6.07 Å². The van der Waals surface area contributed by atoms with Gasteiger partial charge in [-0.3, -0.25) is 19.2 Å². The second-order valence-electron chi connectivity index (χ2n) is 10.3. The molecule has 0 saturated heterocycles. The highest BCUT2D eigenvalue weighted by molar-refractivity contribution is 6.04. The maximum absolute atomic E-state index is 13.3. The van der Waals surface area contributed by atoms with Gasteiger partial charge in [-0.25, -0.2) is 0 Å². The van der Waals surface area contributed by atoms with Crippen LogP contribution < -0.4 is 21.3 Å². The molecule has 0 aliphatic heterocycles. The van der Waals surface area contributed by atoms with E-state index in [1.165, 1.54) is 0 Å². The molecule has 9 N–H and O–H groups in total. The molecule has 218 valence electrons. The number of nitrogens with two attached hydrogens (primary N) is 1. The number of phenolic OH excluding ortho intramolecular Hbond substituents is 1. The number of hydrogen-bond acceptors (Lipinski definition) is 11. The highest BCUT2D eigenvalue weighted by atomic mass is 16.3. The van der Waals surface area contributed by atoms with Gasteiger partial charge in [0.2, 0.25) is 11.8 Å². The summed E-state index contributed by atoms with van der Waals surface area (Å²) in [6, 6.07) is 1.59. The molecule has 2 rings (SSSR count). The zero-order chi connectivity index (χ0) is 29.5. The van der Waals surface area contributed by atoms with Crippen LogP contribution in [0.3, 0.4) is 0 Å². The number of rotatable bonds is 15. The number of ketones is 2. The van der Waals surface area contributed by atoms with E-state index in [-0.39, 0.29) is 36.7 Å². The Balaban J connectivity index is 2.47. The first kappa shape index (κ1) is 32.1. The quantitative estimate of drug-likeness (QED) is 0.112. The molecule has 2 amide bonds. The van der Waals surface area contributed by atoms with E-state index in [4.69, 9.17) is 5.73 Å². The minimum absolute atomic E-state index is 0.0176. The number of carbonyl (C=O) groups is 4. The second kappa shape index (κ2) is 13.3. The number of nitrogens with one attached hydrogen (secondary N) is 2. The van der Waals surface area contributed by atoms with Gasteiger partial charge in [-0.05, 0) is 18.2 Å². The van der Waals surface area contributed by atoms with Crippen LogP contribution in [0, 0.1) is 5.92 Å². The highest BCUT2D eigenvalue weighted by Crippen LogP contribution is 2.45. The monoisotopic (exact) mass is 552 g/mol. The standard InChI is InChI=1S/C26H40N4O9/c1-4-28-12-22(36)29-11-15-7-18(30(2)3)16-9-25(38,10-20(34)23(16)24(15)37)14-26(39,5-6-31)17(13-32)19(33)8-21(27)35/h7,17,28,31-32,37-39H,4-6,8-14H2,1-3H3,(H2,27,35)(H,29,36). The predicted molar refractivity (Wildman–Crippen MR) is 141 cm³/mol. The molecule has 0 heterocycles. The fraction of sp³-hybridized carbons (Fsp3) is 0.615. The zero-order valence-corrected chi connectivity index (χ0v) is 22.6. The Morgan fingerprint density at radius 3 is 2.44 bits per heavy atom.